The number of aliphatic hydroxyl groups is 1. The molecule has 1 N–H and O–H groups in total. The van der Waals surface area contributed by atoms with Gasteiger partial charge < -0.3 is 14.6 Å². The van der Waals surface area contributed by atoms with Gasteiger partial charge in [-0.2, -0.15) is 0 Å². The summed E-state index contributed by atoms with van der Waals surface area (Å²) in [6.07, 6.45) is 0.00559. The number of nitrogens with zero attached hydrogens (tertiary/aromatic N) is 1. The molecule has 6 heteroatoms. The van der Waals surface area contributed by atoms with Gasteiger partial charge in [-0.15, -0.1) is 0 Å². The van der Waals surface area contributed by atoms with Gasteiger partial charge in [0.05, 0.1) is 24.3 Å². The largest absolute Gasteiger partial charge is 0.507 e. The van der Waals surface area contributed by atoms with E-state index in [-0.39, 0.29) is 17.4 Å². The average molecular weight is 500 g/mol. The molecule has 1 saturated heterocycles. The Morgan fingerprint density at radius 2 is 1.59 bits per heavy atom. The van der Waals surface area contributed by atoms with Crippen LogP contribution in [0.25, 0.3) is 5.76 Å². The number of amides is 1. The number of hydrogen-bond acceptors (Lipinski definition) is 5. The second-order valence-corrected chi connectivity index (χ2v) is 9.61. The number of Topliss-reactive ketones (excluding diaryl/α,β-unsaturated/α-hetero) is 1. The predicted molar refractivity (Wildman–Crippen MR) is 145 cm³/mol. The molecule has 6 nitrogen and oxygen atoms in total. The molecule has 1 heterocycles. The predicted octanol–water partition coefficient (Wildman–Crippen LogP) is 6.62. The highest BCUT2D eigenvalue weighted by Crippen LogP contribution is 2.43. The van der Waals surface area contributed by atoms with Crippen molar-refractivity contribution in [2.75, 3.05) is 11.5 Å². The molecule has 0 aromatic heterocycles. The highest BCUT2D eigenvalue weighted by atomic mass is 16.5. The molecule has 1 aliphatic heterocycles. The van der Waals surface area contributed by atoms with Gasteiger partial charge in [0.2, 0.25) is 0 Å². The van der Waals surface area contributed by atoms with E-state index in [1.54, 1.807) is 48.5 Å². The Hall–Kier alpha value is -4.06. The fourth-order valence-corrected chi connectivity index (χ4v) is 4.49. The average Bonchev–Trinajstić information content (AvgIpc) is 3.14. The molecule has 4 rings (SSSR count). The van der Waals surface area contributed by atoms with Crippen molar-refractivity contribution >= 4 is 23.1 Å². The first kappa shape index (κ1) is 26.0. The Morgan fingerprint density at radius 3 is 2.19 bits per heavy atom. The van der Waals surface area contributed by atoms with Gasteiger partial charge >= 0.3 is 0 Å². The molecular weight excluding hydrogens is 466 g/mol. The standard InChI is InChI=1S/C31H33NO5/c1-6-36-26-9-7-8-24(18-26)32-28(22-12-10-21(11-13-22)19(2)3)27(30(34)31(32)35)29(33)23-14-16-25(17-15-23)37-20(4)5/h7-20,28,33H,6H2,1-5H3/b29-27+. The minimum Gasteiger partial charge on any atom is -0.507 e. The maximum atomic E-state index is 13.4. The summed E-state index contributed by atoms with van der Waals surface area (Å²) in [5.41, 5.74) is 2.86. The smallest absolute Gasteiger partial charge is 0.300 e. The van der Waals surface area contributed by atoms with Crippen LogP contribution in [-0.4, -0.2) is 29.5 Å². The minimum atomic E-state index is -0.801. The third-order valence-corrected chi connectivity index (χ3v) is 6.27. The number of benzene rings is 3. The maximum absolute atomic E-state index is 13.4. The van der Waals surface area contributed by atoms with Gasteiger partial charge in [-0.05, 0) is 74.2 Å². The van der Waals surface area contributed by atoms with Gasteiger partial charge in [-0.25, -0.2) is 0 Å². The van der Waals surface area contributed by atoms with E-state index < -0.39 is 17.7 Å². The van der Waals surface area contributed by atoms with Crippen LogP contribution >= 0.6 is 0 Å². The zero-order valence-electron chi connectivity index (χ0n) is 21.9. The van der Waals surface area contributed by atoms with Crippen molar-refractivity contribution < 1.29 is 24.2 Å². The molecule has 37 heavy (non-hydrogen) atoms. The third kappa shape index (κ3) is 5.38. The monoisotopic (exact) mass is 499 g/mol. The second kappa shape index (κ2) is 10.9. The summed E-state index contributed by atoms with van der Waals surface area (Å²) in [4.78, 5) is 28.3. The number of carbonyl (C=O) groups is 2. The topological polar surface area (TPSA) is 76.1 Å². The number of hydrogen-bond donors (Lipinski definition) is 1. The van der Waals surface area contributed by atoms with Crippen LogP contribution in [0.1, 0.15) is 63.3 Å². The Bertz CT molecular complexity index is 1310. The van der Waals surface area contributed by atoms with Crippen molar-refractivity contribution in [1.82, 2.24) is 0 Å². The lowest BCUT2D eigenvalue weighted by Crippen LogP contribution is -2.29. The van der Waals surface area contributed by atoms with Crippen LogP contribution in [0, 0.1) is 0 Å². The normalized spacial score (nSPS) is 17.1. The number of carbonyl (C=O) groups excluding carboxylic acids is 2. The molecule has 1 unspecified atom stereocenters. The van der Waals surface area contributed by atoms with Crippen LogP contribution in [0.4, 0.5) is 5.69 Å². The molecular formula is C31H33NO5. The summed E-state index contributed by atoms with van der Waals surface area (Å²) >= 11 is 0. The minimum absolute atomic E-state index is 0.00559. The zero-order chi connectivity index (χ0) is 26.7. The molecule has 0 saturated carbocycles. The first-order valence-electron chi connectivity index (χ1n) is 12.6. The lowest BCUT2D eigenvalue weighted by atomic mass is 9.93. The molecule has 0 spiro atoms. The third-order valence-electron chi connectivity index (χ3n) is 6.27. The highest BCUT2D eigenvalue weighted by molar-refractivity contribution is 6.51. The lowest BCUT2D eigenvalue weighted by molar-refractivity contribution is -0.132. The van der Waals surface area contributed by atoms with Crippen LogP contribution in [0.2, 0.25) is 0 Å². The van der Waals surface area contributed by atoms with Gasteiger partial charge in [0.1, 0.15) is 17.3 Å². The molecule has 1 amide bonds. The molecule has 1 atom stereocenters. The van der Waals surface area contributed by atoms with Crippen molar-refractivity contribution in [2.45, 2.75) is 52.7 Å². The fourth-order valence-electron chi connectivity index (χ4n) is 4.49. The second-order valence-electron chi connectivity index (χ2n) is 9.61. The van der Waals surface area contributed by atoms with Gasteiger partial charge in [0.25, 0.3) is 11.7 Å². The van der Waals surface area contributed by atoms with Crippen LogP contribution in [0.5, 0.6) is 11.5 Å². The van der Waals surface area contributed by atoms with E-state index in [9.17, 15) is 14.7 Å². The molecule has 1 aliphatic rings. The number of ether oxygens (including phenoxy) is 2. The quantitative estimate of drug-likeness (QED) is 0.214. The first-order valence-corrected chi connectivity index (χ1v) is 12.6. The number of anilines is 1. The molecule has 3 aromatic rings. The SMILES string of the molecule is CCOc1cccc(N2C(=O)C(=O)/C(=C(/O)c3ccc(OC(C)C)cc3)C2c2ccc(C(C)C)cc2)c1. The molecule has 192 valence electrons. The Balaban J connectivity index is 1.86. The van der Waals surface area contributed by atoms with E-state index in [2.05, 4.69) is 13.8 Å². The highest BCUT2D eigenvalue weighted by Gasteiger charge is 2.47. The Labute approximate surface area is 218 Å². The van der Waals surface area contributed by atoms with E-state index in [4.69, 9.17) is 9.47 Å². The van der Waals surface area contributed by atoms with Gasteiger partial charge in [0.15, 0.2) is 0 Å². The van der Waals surface area contributed by atoms with Crippen molar-refractivity contribution in [1.29, 1.82) is 0 Å². The molecule has 0 bridgehead atoms. The van der Waals surface area contributed by atoms with Crippen molar-refractivity contribution in [2.24, 2.45) is 0 Å². The van der Waals surface area contributed by atoms with Crippen LogP contribution in [0.3, 0.4) is 0 Å². The van der Waals surface area contributed by atoms with Crippen LogP contribution in [-0.2, 0) is 9.59 Å². The van der Waals surface area contributed by atoms with Crippen molar-refractivity contribution in [3.8, 4) is 11.5 Å². The van der Waals surface area contributed by atoms with E-state index in [0.717, 1.165) is 11.1 Å². The van der Waals surface area contributed by atoms with Gasteiger partial charge in [0, 0.05) is 17.3 Å². The first-order chi connectivity index (χ1) is 17.7. The molecule has 0 radical (unpaired) electrons. The molecule has 3 aromatic carbocycles. The summed E-state index contributed by atoms with van der Waals surface area (Å²) in [7, 11) is 0. The summed E-state index contributed by atoms with van der Waals surface area (Å²) in [5, 5.41) is 11.4. The summed E-state index contributed by atoms with van der Waals surface area (Å²) in [6, 6.07) is 21.0. The van der Waals surface area contributed by atoms with Crippen molar-refractivity contribution in [3.63, 3.8) is 0 Å². The zero-order valence-corrected chi connectivity index (χ0v) is 21.9. The molecule has 0 aliphatic carbocycles. The van der Waals surface area contributed by atoms with E-state index in [0.29, 0.717) is 35.3 Å². The summed E-state index contributed by atoms with van der Waals surface area (Å²) in [6.45, 7) is 10.4. The summed E-state index contributed by atoms with van der Waals surface area (Å²) in [5.74, 6) is -0.0875. The Morgan fingerprint density at radius 1 is 0.919 bits per heavy atom. The maximum Gasteiger partial charge on any atom is 0.300 e. The number of ketones is 1. The van der Waals surface area contributed by atoms with E-state index in [1.165, 1.54) is 4.90 Å². The van der Waals surface area contributed by atoms with E-state index in [1.807, 2.05) is 45.0 Å². The lowest BCUT2D eigenvalue weighted by Gasteiger charge is -2.26. The van der Waals surface area contributed by atoms with Gasteiger partial charge in [-0.1, -0.05) is 44.2 Å². The van der Waals surface area contributed by atoms with Crippen molar-refractivity contribution in [3.05, 3.63) is 95.1 Å². The van der Waals surface area contributed by atoms with Crippen LogP contribution < -0.4 is 14.4 Å². The number of aliphatic hydroxyl groups excluding tert-OH is 1. The Kier molecular flexibility index (Phi) is 7.67. The molecule has 1 fully saturated rings. The number of rotatable bonds is 8. The summed E-state index contributed by atoms with van der Waals surface area (Å²) < 4.78 is 11.3. The van der Waals surface area contributed by atoms with Gasteiger partial charge in [-0.3, -0.25) is 14.5 Å². The van der Waals surface area contributed by atoms with E-state index >= 15 is 0 Å². The fraction of sp³-hybridized carbons (Fsp3) is 0.290. The van der Waals surface area contributed by atoms with Crippen LogP contribution in [0.15, 0.2) is 78.4 Å².